The summed E-state index contributed by atoms with van der Waals surface area (Å²) in [5.41, 5.74) is -0.444. The maximum Gasteiger partial charge on any atom is 0.405 e. The molecule has 3 aromatic rings. The van der Waals surface area contributed by atoms with Gasteiger partial charge < -0.3 is 15.2 Å². The second-order valence-electron chi connectivity index (χ2n) is 5.24. The van der Waals surface area contributed by atoms with Crippen LogP contribution in [0.4, 0.5) is 30.6 Å². The zero-order chi connectivity index (χ0) is 18.0. The number of nitrogens with zero attached hydrogens (tertiary/aromatic N) is 4. The van der Waals surface area contributed by atoms with Gasteiger partial charge in [0.15, 0.2) is 0 Å². The van der Waals surface area contributed by atoms with Gasteiger partial charge in [-0.2, -0.15) is 13.2 Å². The SMILES string of the molecule is Cn1ccc2cc(Nc3cnccn3)nc(NCC(F)(F)F)c2c1=O. The molecule has 25 heavy (non-hydrogen) atoms. The zero-order valence-corrected chi connectivity index (χ0v) is 13.0. The molecule has 0 amide bonds. The molecule has 10 heteroatoms. The standard InChI is InChI=1S/C15H13F3N6O/c1-24-5-2-9-6-10(22-11-7-19-3-4-20-11)23-13(12(9)14(24)25)21-8-15(16,17)18/h2-7H,8H2,1H3,(H2,20,21,22,23). The predicted molar refractivity (Wildman–Crippen MR) is 86.8 cm³/mol. The van der Waals surface area contributed by atoms with Crippen molar-refractivity contribution in [3.05, 3.63) is 47.3 Å². The molecule has 0 radical (unpaired) electrons. The molecule has 0 saturated heterocycles. The van der Waals surface area contributed by atoms with E-state index < -0.39 is 18.3 Å². The van der Waals surface area contributed by atoms with Gasteiger partial charge in [-0.15, -0.1) is 0 Å². The van der Waals surface area contributed by atoms with E-state index in [0.29, 0.717) is 11.2 Å². The number of alkyl halides is 3. The number of hydrogen-bond donors (Lipinski definition) is 2. The summed E-state index contributed by atoms with van der Waals surface area (Å²) in [6, 6.07) is 3.18. The number of aromatic nitrogens is 4. The van der Waals surface area contributed by atoms with Crippen molar-refractivity contribution in [2.45, 2.75) is 6.18 Å². The highest BCUT2D eigenvalue weighted by molar-refractivity contribution is 5.93. The van der Waals surface area contributed by atoms with Crippen LogP contribution in [0.25, 0.3) is 10.8 Å². The number of pyridine rings is 2. The van der Waals surface area contributed by atoms with E-state index in [-0.39, 0.29) is 17.0 Å². The van der Waals surface area contributed by atoms with Gasteiger partial charge in [-0.1, -0.05) is 0 Å². The molecular weight excluding hydrogens is 337 g/mol. The highest BCUT2D eigenvalue weighted by atomic mass is 19.4. The third-order valence-corrected chi connectivity index (χ3v) is 3.34. The van der Waals surface area contributed by atoms with Gasteiger partial charge in [-0.25, -0.2) is 9.97 Å². The molecular formula is C15H13F3N6O. The summed E-state index contributed by atoms with van der Waals surface area (Å²) < 4.78 is 39.0. The molecule has 0 spiro atoms. The molecule has 0 aliphatic carbocycles. The normalized spacial score (nSPS) is 11.5. The van der Waals surface area contributed by atoms with Crippen LogP contribution in [-0.2, 0) is 7.05 Å². The lowest BCUT2D eigenvalue weighted by Gasteiger charge is -2.14. The minimum atomic E-state index is -4.44. The lowest BCUT2D eigenvalue weighted by molar-refractivity contribution is -0.115. The fourth-order valence-corrected chi connectivity index (χ4v) is 2.23. The first-order valence-corrected chi connectivity index (χ1v) is 7.17. The predicted octanol–water partition coefficient (Wildman–Crippen LogP) is 2.44. The molecule has 0 bridgehead atoms. The van der Waals surface area contributed by atoms with Gasteiger partial charge in [0.2, 0.25) is 0 Å². The minimum absolute atomic E-state index is 0.0824. The Hall–Kier alpha value is -3.17. The molecule has 3 heterocycles. The van der Waals surface area contributed by atoms with Crippen LogP contribution in [0.2, 0.25) is 0 Å². The van der Waals surface area contributed by atoms with Gasteiger partial charge in [0.25, 0.3) is 5.56 Å². The fraction of sp³-hybridized carbons (Fsp3) is 0.200. The lowest BCUT2D eigenvalue weighted by atomic mass is 10.2. The average molecular weight is 350 g/mol. The summed E-state index contributed by atoms with van der Waals surface area (Å²) in [5, 5.41) is 5.58. The van der Waals surface area contributed by atoms with Crippen molar-refractivity contribution >= 4 is 28.2 Å². The van der Waals surface area contributed by atoms with Gasteiger partial charge in [0, 0.05) is 25.6 Å². The van der Waals surface area contributed by atoms with Crippen molar-refractivity contribution in [2.24, 2.45) is 7.05 Å². The highest BCUT2D eigenvalue weighted by Crippen LogP contribution is 2.25. The van der Waals surface area contributed by atoms with Gasteiger partial charge in [-0.3, -0.25) is 9.78 Å². The van der Waals surface area contributed by atoms with Gasteiger partial charge in [0.05, 0.1) is 11.6 Å². The largest absolute Gasteiger partial charge is 0.405 e. The highest BCUT2D eigenvalue weighted by Gasteiger charge is 2.27. The molecule has 0 fully saturated rings. The van der Waals surface area contributed by atoms with Crippen molar-refractivity contribution < 1.29 is 13.2 Å². The number of rotatable bonds is 4. The van der Waals surface area contributed by atoms with Crippen molar-refractivity contribution in [1.82, 2.24) is 19.5 Å². The van der Waals surface area contributed by atoms with E-state index in [1.54, 1.807) is 12.1 Å². The maximum atomic E-state index is 12.6. The van der Waals surface area contributed by atoms with E-state index in [2.05, 4.69) is 25.6 Å². The Balaban J connectivity index is 2.08. The summed E-state index contributed by atoms with van der Waals surface area (Å²) in [5.74, 6) is 0.466. The Morgan fingerprint density at radius 3 is 2.72 bits per heavy atom. The van der Waals surface area contributed by atoms with Crippen LogP contribution in [0.15, 0.2) is 41.7 Å². The van der Waals surface area contributed by atoms with Crippen LogP contribution < -0.4 is 16.2 Å². The quantitative estimate of drug-likeness (QED) is 0.752. The summed E-state index contributed by atoms with van der Waals surface area (Å²) in [7, 11) is 1.51. The Labute approximate surface area is 139 Å². The van der Waals surface area contributed by atoms with Gasteiger partial charge in [0.1, 0.15) is 24.0 Å². The summed E-state index contributed by atoms with van der Waals surface area (Å²) in [6.45, 7) is -1.30. The molecule has 3 aromatic heterocycles. The summed E-state index contributed by atoms with van der Waals surface area (Å²) in [4.78, 5) is 24.3. The zero-order valence-electron chi connectivity index (χ0n) is 13.0. The molecule has 0 aromatic carbocycles. The van der Waals surface area contributed by atoms with E-state index in [1.807, 2.05) is 0 Å². The molecule has 2 N–H and O–H groups in total. The van der Waals surface area contributed by atoms with E-state index in [1.165, 1.54) is 36.4 Å². The lowest BCUT2D eigenvalue weighted by Crippen LogP contribution is -2.24. The van der Waals surface area contributed by atoms with Crippen LogP contribution >= 0.6 is 0 Å². The van der Waals surface area contributed by atoms with Crippen molar-refractivity contribution in [3.8, 4) is 0 Å². The second kappa shape index (κ2) is 6.38. The molecule has 0 aliphatic heterocycles. The molecule has 0 atom stereocenters. The Kier molecular flexibility index (Phi) is 4.26. The Morgan fingerprint density at radius 2 is 2.04 bits per heavy atom. The number of hydrogen-bond acceptors (Lipinski definition) is 6. The Bertz CT molecular complexity index is 955. The molecule has 0 saturated carbocycles. The van der Waals surface area contributed by atoms with Crippen molar-refractivity contribution in [3.63, 3.8) is 0 Å². The first-order chi connectivity index (χ1) is 11.8. The van der Waals surface area contributed by atoms with Crippen LogP contribution in [0.5, 0.6) is 0 Å². The van der Waals surface area contributed by atoms with E-state index in [4.69, 9.17) is 0 Å². The van der Waals surface area contributed by atoms with Crippen LogP contribution in [-0.4, -0.2) is 32.2 Å². The topological polar surface area (TPSA) is 84.7 Å². The molecule has 0 unspecified atom stereocenters. The molecule has 0 aliphatic rings. The maximum absolute atomic E-state index is 12.6. The number of nitrogens with one attached hydrogen (secondary N) is 2. The third kappa shape index (κ3) is 3.84. The third-order valence-electron chi connectivity index (χ3n) is 3.34. The molecule has 3 rings (SSSR count). The minimum Gasteiger partial charge on any atom is -0.360 e. The molecule has 130 valence electrons. The first kappa shape index (κ1) is 16.7. The van der Waals surface area contributed by atoms with Crippen LogP contribution in [0, 0.1) is 0 Å². The summed E-state index contributed by atoms with van der Waals surface area (Å²) in [6.07, 6.45) is 1.48. The first-order valence-electron chi connectivity index (χ1n) is 7.17. The summed E-state index contributed by atoms with van der Waals surface area (Å²) >= 11 is 0. The fourth-order valence-electron chi connectivity index (χ4n) is 2.23. The average Bonchev–Trinajstić information content (AvgIpc) is 2.56. The van der Waals surface area contributed by atoms with Gasteiger partial charge in [-0.05, 0) is 17.5 Å². The van der Waals surface area contributed by atoms with Crippen molar-refractivity contribution in [2.75, 3.05) is 17.2 Å². The van der Waals surface area contributed by atoms with Crippen molar-refractivity contribution in [1.29, 1.82) is 0 Å². The molecule has 7 nitrogen and oxygen atoms in total. The van der Waals surface area contributed by atoms with E-state index in [0.717, 1.165) is 0 Å². The van der Waals surface area contributed by atoms with Crippen LogP contribution in [0.3, 0.4) is 0 Å². The smallest absolute Gasteiger partial charge is 0.360 e. The monoisotopic (exact) mass is 350 g/mol. The van der Waals surface area contributed by atoms with Gasteiger partial charge >= 0.3 is 6.18 Å². The number of anilines is 3. The Morgan fingerprint density at radius 1 is 1.24 bits per heavy atom. The number of aryl methyl sites for hydroxylation is 1. The number of halogens is 3. The second-order valence-corrected chi connectivity index (χ2v) is 5.24. The van der Waals surface area contributed by atoms with Crippen LogP contribution in [0.1, 0.15) is 0 Å². The van der Waals surface area contributed by atoms with E-state index in [9.17, 15) is 18.0 Å². The number of fused-ring (bicyclic) bond motifs is 1. The van der Waals surface area contributed by atoms with E-state index >= 15 is 0 Å².